The van der Waals surface area contributed by atoms with Crippen LogP contribution in [0.15, 0.2) is 18.5 Å². The third-order valence-electron chi connectivity index (χ3n) is 5.64. The van der Waals surface area contributed by atoms with Gasteiger partial charge in [-0.1, -0.05) is 19.3 Å². The van der Waals surface area contributed by atoms with Crippen LogP contribution in [0, 0.1) is 0 Å². The predicted molar refractivity (Wildman–Crippen MR) is 98.5 cm³/mol. The monoisotopic (exact) mass is 356 g/mol. The van der Waals surface area contributed by atoms with Crippen molar-refractivity contribution in [2.24, 2.45) is 7.05 Å². The summed E-state index contributed by atoms with van der Waals surface area (Å²) >= 11 is 0. The molecule has 3 heterocycles. The third-order valence-corrected chi connectivity index (χ3v) is 5.64. The molecule has 7 nitrogen and oxygen atoms in total. The quantitative estimate of drug-likeness (QED) is 0.863. The number of hydrogen-bond donors (Lipinski definition) is 2. The van der Waals surface area contributed by atoms with E-state index >= 15 is 0 Å². The highest BCUT2D eigenvalue weighted by Gasteiger charge is 2.27. The number of aryl methyl sites for hydroxylation is 1. The van der Waals surface area contributed by atoms with Crippen molar-refractivity contribution in [1.29, 1.82) is 0 Å². The van der Waals surface area contributed by atoms with Crippen molar-refractivity contribution >= 4 is 5.91 Å². The summed E-state index contributed by atoms with van der Waals surface area (Å²) in [5.41, 5.74) is 2.78. The molecule has 1 aliphatic carbocycles. The molecule has 2 aliphatic rings. The molecule has 0 spiro atoms. The first kappa shape index (κ1) is 17.3. The fraction of sp³-hybridized carbons (Fsp3) is 0.632. The Hall–Kier alpha value is -2.15. The molecule has 140 valence electrons. The Morgan fingerprint density at radius 2 is 2.08 bits per heavy atom. The number of nitrogens with one attached hydrogen (secondary N) is 2. The number of aromatic amines is 1. The van der Waals surface area contributed by atoms with E-state index in [1.807, 2.05) is 24.0 Å². The molecule has 0 radical (unpaired) electrons. The zero-order valence-corrected chi connectivity index (χ0v) is 15.4. The van der Waals surface area contributed by atoms with E-state index in [0.717, 1.165) is 38.0 Å². The van der Waals surface area contributed by atoms with Gasteiger partial charge in [-0.15, -0.1) is 0 Å². The van der Waals surface area contributed by atoms with Gasteiger partial charge in [-0.25, -0.2) is 0 Å². The summed E-state index contributed by atoms with van der Waals surface area (Å²) in [5, 5.41) is 14.8. The average molecular weight is 356 g/mol. The lowest BCUT2D eigenvalue weighted by Crippen LogP contribution is -2.33. The largest absolute Gasteiger partial charge is 0.348 e. The summed E-state index contributed by atoms with van der Waals surface area (Å²) in [6.45, 7) is 1.93. The van der Waals surface area contributed by atoms with Gasteiger partial charge in [0.1, 0.15) is 5.69 Å². The van der Waals surface area contributed by atoms with E-state index in [4.69, 9.17) is 0 Å². The smallest absolute Gasteiger partial charge is 0.271 e. The number of likely N-dealkylation sites (tertiary alicyclic amines) is 1. The fourth-order valence-corrected chi connectivity index (χ4v) is 4.27. The molecule has 2 aromatic rings. The second kappa shape index (κ2) is 7.61. The first-order valence-electron chi connectivity index (χ1n) is 9.77. The van der Waals surface area contributed by atoms with Crippen LogP contribution in [0.2, 0.25) is 0 Å². The summed E-state index contributed by atoms with van der Waals surface area (Å²) < 4.78 is 1.84. The predicted octanol–water partition coefficient (Wildman–Crippen LogP) is 2.54. The average Bonchev–Trinajstić information content (AvgIpc) is 3.38. The van der Waals surface area contributed by atoms with Gasteiger partial charge in [0.05, 0.1) is 17.9 Å². The Bertz CT molecular complexity index is 745. The van der Waals surface area contributed by atoms with Gasteiger partial charge < -0.3 is 5.32 Å². The maximum Gasteiger partial charge on any atom is 0.271 e. The number of amides is 1. The highest BCUT2D eigenvalue weighted by Crippen LogP contribution is 2.31. The summed E-state index contributed by atoms with van der Waals surface area (Å²) in [6.07, 6.45) is 12.1. The molecule has 1 atom stereocenters. The number of nitrogens with zero attached hydrogens (tertiary/aromatic N) is 4. The van der Waals surface area contributed by atoms with Gasteiger partial charge in [0, 0.05) is 31.4 Å². The Labute approximate surface area is 154 Å². The van der Waals surface area contributed by atoms with Crippen LogP contribution in [-0.4, -0.2) is 43.4 Å². The SMILES string of the molecule is Cn1cc(CN2CCCCC2c2cc(C(=O)NC3CCCC3)n[nH]2)cn1. The van der Waals surface area contributed by atoms with Gasteiger partial charge in [0.15, 0.2) is 0 Å². The standard InChI is InChI=1S/C19H28N6O/c1-24-12-14(11-20-24)13-25-9-5-4-8-18(25)16-10-17(23-22-16)19(26)21-15-6-2-3-7-15/h10-12,15,18H,2-9,13H2,1H3,(H,21,26)(H,22,23). The molecule has 1 unspecified atom stereocenters. The lowest BCUT2D eigenvalue weighted by Gasteiger charge is -2.34. The van der Waals surface area contributed by atoms with Crippen LogP contribution >= 0.6 is 0 Å². The Morgan fingerprint density at radius 1 is 1.27 bits per heavy atom. The van der Waals surface area contributed by atoms with Crippen molar-refractivity contribution in [2.45, 2.75) is 63.6 Å². The van der Waals surface area contributed by atoms with Crippen molar-refractivity contribution in [3.63, 3.8) is 0 Å². The maximum absolute atomic E-state index is 12.5. The fourth-order valence-electron chi connectivity index (χ4n) is 4.27. The first-order valence-corrected chi connectivity index (χ1v) is 9.77. The lowest BCUT2D eigenvalue weighted by molar-refractivity contribution is 0.0932. The Morgan fingerprint density at radius 3 is 2.85 bits per heavy atom. The van der Waals surface area contributed by atoms with Crippen LogP contribution < -0.4 is 5.32 Å². The minimum Gasteiger partial charge on any atom is -0.348 e. The van der Waals surface area contributed by atoms with Crippen LogP contribution in [0.3, 0.4) is 0 Å². The molecule has 2 fully saturated rings. The van der Waals surface area contributed by atoms with Gasteiger partial charge in [0.2, 0.25) is 0 Å². The minimum absolute atomic E-state index is 0.0472. The number of rotatable bonds is 5. The lowest BCUT2D eigenvalue weighted by atomic mass is 9.98. The molecule has 26 heavy (non-hydrogen) atoms. The highest BCUT2D eigenvalue weighted by molar-refractivity contribution is 5.92. The van der Waals surface area contributed by atoms with E-state index in [-0.39, 0.29) is 11.9 Å². The molecule has 1 saturated carbocycles. The van der Waals surface area contributed by atoms with Crippen LogP contribution in [0.4, 0.5) is 0 Å². The number of carbonyl (C=O) groups excluding carboxylic acids is 1. The van der Waals surface area contributed by atoms with Crippen LogP contribution in [0.25, 0.3) is 0 Å². The summed E-state index contributed by atoms with van der Waals surface area (Å²) in [4.78, 5) is 14.9. The normalized spacial score (nSPS) is 22.0. The molecule has 1 amide bonds. The second-order valence-corrected chi connectivity index (χ2v) is 7.67. The highest BCUT2D eigenvalue weighted by atomic mass is 16.2. The number of hydrogen-bond acceptors (Lipinski definition) is 4. The van der Waals surface area contributed by atoms with E-state index in [2.05, 4.69) is 31.7 Å². The first-order chi connectivity index (χ1) is 12.7. The summed E-state index contributed by atoms with van der Waals surface area (Å²) in [7, 11) is 1.95. The van der Waals surface area contributed by atoms with Gasteiger partial charge >= 0.3 is 0 Å². The van der Waals surface area contributed by atoms with Crippen molar-refractivity contribution < 1.29 is 4.79 Å². The molecular weight excluding hydrogens is 328 g/mol. The van der Waals surface area contributed by atoms with E-state index in [1.54, 1.807) is 0 Å². The van der Waals surface area contributed by atoms with Gasteiger partial charge in [-0.2, -0.15) is 10.2 Å². The van der Waals surface area contributed by atoms with Crippen molar-refractivity contribution in [2.75, 3.05) is 6.54 Å². The van der Waals surface area contributed by atoms with Crippen molar-refractivity contribution in [3.8, 4) is 0 Å². The van der Waals surface area contributed by atoms with Crippen LogP contribution in [-0.2, 0) is 13.6 Å². The van der Waals surface area contributed by atoms with E-state index in [0.29, 0.717) is 11.7 Å². The van der Waals surface area contributed by atoms with Crippen LogP contribution in [0.5, 0.6) is 0 Å². The van der Waals surface area contributed by atoms with Crippen LogP contribution in [0.1, 0.15) is 72.7 Å². The number of H-pyrrole nitrogens is 1. The molecule has 0 aromatic carbocycles. The minimum atomic E-state index is -0.0472. The zero-order chi connectivity index (χ0) is 17.9. The molecule has 4 rings (SSSR count). The third kappa shape index (κ3) is 3.82. The van der Waals surface area contributed by atoms with Gasteiger partial charge in [-0.05, 0) is 38.3 Å². The molecule has 1 saturated heterocycles. The second-order valence-electron chi connectivity index (χ2n) is 7.67. The maximum atomic E-state index is 12.5. The number of aromatic nitrogens is 4. The van der Waals surface area contributed by atoms with E-state index < -0.39 is 0 Å². The van der Waals surface area contributed by atoms with E-state index in [9.17, 15) is 4.79 Å². The molecule has 2 aromatic heterocycles. The number of carbonyl (C=O) groups is 1. The Balaban J connectivity index is 1.44. The molecule has 2 N–H and O–H groups in total. The molecule has 7 heteroatoms. The zero-order valence-electron chi connectivity index (χ0n) is 15.4. The van der Waals surface area contributed by atoms with Crippen molar-refractivity contribution in [3.05, 3.63) is 35.4 Å². The molecule has 1 aliphatic heterocycles. The summed E-state index contributed by atoms with van der Waals surface area (Å²) in [5.74, 6) is -0.0472. The summed E-state index contributed by atoms with van der Waals surface area (Å²) in [6, 6.07) is 2.54. The molecular formula is C19H28N6O. The number of piperidine rings is 1. The topological polar surface area (TPSA) is 78.8 Å². The Kier molecular flexibility index (Phi) is 5.06. The van der Waals surface area contributed by atoms with Gasteiger partial charge in [-0.3, -0.25) is 19.5 Å². The van der Waals surface area contributed by atoms with Crippen molar-refractivity contribution in [1.82, 2.24) is 30.2 Å². The molecule has 0 bridgehead atoms. The van der Waals surface area contributed by atoms with Gasteiger partial charge in [0.25, 0.3) is 5.91 Å². The van der Waals surface area contributed by atoms with E-state index in [1.165, 1.54) is 31.2 Å².